The number of benzene rings is 1. The van der Waals surface area contributed by atoms with Gasteiger partial charge in [-0.15, -0.1) is 0 Å². The van der Waals surface area contributed by atoms with Crippen LogP contribution in [-0.2, 0) is 4.74 Å². The number of nitrogens with one attached hydrogen (secondary N) is 2. The predicted octanol–water partition coefficient (Wildman–Crippen LogP) is 2.68. The standard InChI is InChI=1S/C14H17IN2O4/c1-14(4-6-21-7-5-14)17-13(20)16-11-3-2-9(15)8-10(11)12(18)19/h2-3,8H,4-7H2,1H3,(H,18,19)(H2,16,17,20). The lowest BCUT2D eigenvalue weighted by Gasteiger charge is -2.34. The Morgan fingerprint density at radius 1 is 1.33 bits per heavy atom. The number of carboxylic acid groups (broad SMARTS) is 1. The van der Waals surface area contributed by atoms with Gasteiger partial charge in [0.1, 0.15) is 0 Å². The minimum atomic E-state index is -1.07. The summed E-state index contributed by atoms with van der Waals surface area (Å²) in [5, 5.41) is 14.7. The number of hydrogen-bond donors (Lipinski definition) is 3. The van der Waals surface area contributed by atoms with Crippen molar-refractivity contribution in [3.05, 3.63) is 27.3 Å². The van der Waals surface area contributed by atoms with E-state index < -0.39 is 12.0 Å². The van der Waals surface area contributed by atoms with Crippen LogP contribution in [-0.4, -0.2) is 35.9 Å². The maximum absolute atomic E-state index is 12.1. The lowest BCUT2D eigenvalue weighted by Crippen LogP contribution is -2.51. The molecule has 114 valence electrons. The number of halogens is 1. The topological polar surface area (TPSA) is 87.7 Å². The van der Waals surface area contributed by atoms with Crippen molar-refractivity contribution < 1.29 is 19.4 Å². The van der Waals surface area contributed by atoms with Crippen LogP contribution in [0.1, 0.15) is 30.1 Å². The van der Waals surface area contributed by atoms with Gasteiger partial charge in [0, 0.05) is 22.3 Å². The lowest BCUT2D eigenvalue weighted by molar-refractivity contribution is 0.0499. The van der Waals surface area contributed by atoms with Gasteiger partial charge >= 0.3 is 12.0 Å². The van der Waals surface area contributed by atoms with Gasteiger partial charge in [0.05, 0.1) is 11.3 Å². The Bertz CT molecular complexity index is 556. The monoisotopic (exact) mass is 404 g/mol. The average molecular weight is 404 g/mol. The minimum absolute atomic E-state index is 0.0779. The Hall–Kier alpha value is -1.35. The van der Waals surface area contributed by atoms with E-state index in [1.54, 1.807) is 12.1 Å². The van der Waals surface area contributed by atoms with Gasteiger partial charge < -0.3 is 20.5 Å². The first kappa shape index (κ1) is 16.0. The number of anilines is 1. The van der Waals surface area contributed by atoms with E-state index in [2.05, 4.69) is 10.6 Å². The van der Waals surface area contributed by atoms with Gasteiger partial charge in [-0.2, -0.15) is 0 Å². The molecule has 0 aromatic heterocycles. The molecular weight excluding hydrogens is 387 g/mol. The third-order valence-electron chi connectivity index (χ3n) is 3.47. The molecule has 0 saturated carbocycles. The van der Waals surface area contributed by atoms with E-state index in [0.717, 1.165) is 16.4 Å². The summed E-state index contributed by atoms with van der Waals surface area (Å²) in [6, 6.07) is 4.47. The molecule has 2 rings (SSSR count). The molecule has 0 unspecified atom stereocenters. The zero-order valence-electron chi connectivity index (χ0n) is 11.6. The first-order chi connectivity index (χ1) is 9.89. The Morgan fingerprint density at radius 3 is 2.62 bits per heavy atom. The summed E-state index contributed by atoms with van der Waals surface area (Å²) in [6.07, 6.45) is 1.47. The van der Waals surface area contributed by atoms with Gasteiger partial charge in [-0.3, -0.25) is 0 Å². The summed E-state index contributed by atoms with van der Waals surface area (Å²) in [7, 11) is 0. The third-order valence-corrected chi connectivity index (χ3v) is 4.14. The molecule has 6 nitrogen and oxygen atoms in total. The molecule has 0 bridgehead atoms. The maximum atomic E-state index is 12.1. The van der Waals surface area contributed by atoms with Crippen molar-refractivity contribution in [1.29, 1.82) is 0 Å². The Morgan fingerprint density at radius 2 is 2.00 bits per heavy atom. The molecule has 3 N–H and O–H groups in total. The number of carboxylic acids is 1. The largest absolute Gasteiger partial charge is 0.478 e. The van der Waals surface area contributed by atoms with E-state index in [4.69, 9.17) is 4.74 Å². The van der Waals surface area contributed by atoms with Crippen LogP contribution in [0.2, 0.25) is 0 Å². The van der Waals surface area contributed by atoms with Gasteiger partial charge in [0.2, 0.25) is 0 Å². The fourth-order valence-electron chi connectivity index (χ4n) is 2.18. The van der Waals surface area contributed by atoms with Gasteiger partial charge in [0.25, 0.3) is 0 Å². The zero-order chi connectivity index (χ0) is 15.5. The number of rotatable bonds is 3. The summed E-state index contributed by atoms with van der Waals surface area (Å²) in [6.45, 7) is 3.18. The van der Waals surface area contributed by atoms with Crippen LogP contribution >= 0.6 is 22.6 Å². The van der Waals surface area contributed by atoms with Crippen molar-refractivity contribution in [1.82, 2.24) is 5.32 Å². The van der Waals surface area contributed by atoms with Crippen molar-refractivity contribution >= 4 is 40.3 Å². The van der Waals surface area contributed by atoms with E-state index in [9.17, 15) is 14.7 Å². The fourth-order valence-corrected chi connectivity index (χ4v) is 2.67. The van der Waals surface area contributed by atoms with Gasteiger partial charge in [-0.1, -0.05) is 0 Å². The number of carbonyl (C=O) groups excluding carboxylic acids is 1. The molecule has 0 spiro atoms. The number of hydrogen-bond acceptors (Lipinski definition) is 3. The zero-order valence-corrected chi connectivity index (χ0v) is 13.8. The van der Waals surface area contributed by atoms with Crippen molar-refractivity contribution in [2.24, 2.45) is 0 Å². The number of ether oxygens (including phenoxy) is 1. The van der Waals surface area contributed by atoms with Crippen molar-refractivity contribution in [3.8, 4) is 0 Å². The average Bonchev–Trinajstić information content (AvgIpc) is 2.40. The molecule has 1 aliphatic rings. The van der Waals surface area contributed by atoms with Crippen LogP contribution in [0.15, 0.2) is 18.2 Å². The molecule has 1 heterocycles. The summed E-state index contributed by atoms with van der Waals surface area (Å²) in [5.74, 6) is -1.07. The van der Waals surface area contributed by atoms with E-state index in [1.807, 2.05) is 29.5 Å². The maximum Gasteiger partial charge on any atom is 0.337 e. The van der Waals surface area contributed by atoms with Crippen LogP contribution in [0.5, 0.6) is 0 Å². The molecule has 7 heteroatoms. The first-order valence-corrected chi connectivity index (χ1v) is 7.67. The van der Waals surface area contributed by atoms with Gasteiger partial charge in [-0.25, -0.2) is 9.59 Å². The molecule has 1 saturated heterocycles. The second-order valence-corrected chi connectivity index (χ2v) is 6.49. The summed E-state index contributed by atoms with van der Waals surface area (Å²) >= 11 is 2.03. The van der Waals surface area contributed by atoms with Gasteiger partial charge in [-0.05, 0) is 60.6 Å². The smallest absolute Gasteiger partial charge is 0.337 e. The summed E-state index contributed by atoms with van der Waals surface area (Å²) in [4.78, 5) is 23.3. The molecule has 1 aromatic rings. The first-order valence-electron chi connectivity index (χ1n) is 6.59. The highest BCUT2D eigenvalue weighted by Gasteiger charge is 2.29. The molecule has 0 radical (unpaired) electrons. The molecule has 2 amide bonds. The number of amides is 2. The molecular formula is C14H17IN2O4. The highest BCUT2D eigenvalue weighted by Crippen LogP contribution is 2.22. The van der Waals surface area contributed by atoms with Crippen molar-refractivity contribution in [2.45, 2.75) is 25.3 Å². The van der Waals surface area contributed by atoms with Crippen LogP contribution in [0.3, 0.4) is 0 Å². The van der Waals surface area contributed by atoms with Crippen LogP contribution < -0.4 is 10.6 Å². The molecule has 1 aliphatic heterocycles. The lowest BCUT2D eigenvalue weighted by atomic mass is 9.93. The van der Waals surface area contributed by atoms with Crippen LogP contribution in [0, 0.1) is 3.57 Å². The van der Waals surface area contributed by atoms with E-state index in [1.165, 1.54) is 6.07 Å². The second-order valence-electron chi connectivity index (χ2n) is 5.25. The van der Waals surface area contributed by atoms with Crippen molar-refractivity contribution in [3.63, 3.8) is 0 Å². The Kier molecular flexibility index (Phi) is 5.04. The van der Waals surface area contributed by atoms with Crippen molar-refractivity contribution in [2.75, 3.05) is 18.5 Å². The Labute approximate surface area is 136 Å². The number of carbonyl (C=O) groups is 2. The number of urea groups is 1. The number of aromatic carboxylic acids is 1. The molecule has 21 heavy (non-hydrogen) atoms. The predicted molar refractivity (Wildman–Crippen MR) is 86.7 cm³/mol. The molecule has 0 atom stereocenters. The minimum Gasteiger partial charge on any atom is -0.478 e. The highest BCUT2D eigenvalue weighted by atomic mass is 127. The quantitative estimate of drug-likeness (QED) is 0.677. The SMILES string of the molecule is CC1(NC(=O)Nc2ccc(I)cc2C(=O)O)CCOCC1. The van der Waals surface area contributed by atoms with Gasteiger partial charge in [0.15, 0.2) is 0 Å². The molecule has 0 aliphatic carbocycles. The van der Waals surface area contributed by atoms with Crippen LogP contribution in [0.25, 0.3) is 0 Å². The van der Waals surface area contributed by atoms with E-state index in [-0.39, 0.29) is 16.8 Å². The highest BCUT2D eigenvalue weighted by molar-refractivity contribution is 14.1. The molecule has 1 fully saturated rings. The third kappa shape index (κ3) is 4.31. The Balaban J connectivity index is 2.07. The van der Waals surface area contributed by atoms with E-state index in [0.29, 0.717) is 13.2 Å². The van der Waals surface area contributed by atoms with E-state index >= 15 is 0 Å². The van der Waals surface area contributed by atoms with Crippen LogP contribution in [0.4, 0.5) is 10.5 Å². The molecule has 1 aromatic carbocycles. The summed E-state index contributed by atoms with van der Waals surface area (Å²) < 4.78 is 6.08. The fraction of sp³-hybridized carbons (Fsp3) is 0.429. The summed E-state index contributed by atoms with van der Waals surface area (Å²) in [5.41, 5.74) is 0.0415. The second kappa shape index (κ2) is 6.61. The normalized spacial score (nSPS) is 17.0.